The number of aryl methyl sites for hydroxylation is 1. The standard InChI is InChI=1S/C18H22BrNO2.C9H7BrO.C9H7Br/c1-17(2,3)22-16(21)20-10-8-18(9-11-20)7-6-13-4-5-14(19)12-15(13)18;10-7-2-3-8-6(5-7)1-4-9(8)11;10-9-5-4-7-2-1-3-8(7)6-9/h4-7,12H,8-11H2,1-3H3;2-3,5H,1,4H2;1-2,4-6H,3H2. The van der Waals surface area contributed by atoms with Crippen LogP contribution in [0.5, 0.6) is 0 Å². The van der Waals surface area contributed by atoms with E-state index in [9.17, 15) is 9.59 Å². The van der Waals surface area contributed by atoms with Gasteiger partial charge < -0.3 is 9.64 Å². The summed E-state index contributed by atoms with van der Waals surface area (Å²) in [7, 11) is 0. The van der Waals surface area contributed by atoms with Crippen molar-refractivity contribution in [3.8, 4) is 0 Å². The number of ether oxygens (including phenoxy) is 1. The lowest BCUT2D eigenvalue weighted by Gasteiger charge is -2.39. The minimum absolute atomic E-state index is 0.0810. The zero-order chi connectivity index (χ0) is 30.8. The number of likely N-dealkylation sites (tertiary alicyclic amines) is 1. The van der Waals surface area contributed by atoms with Crippen molar-refractivity contribution in [2.24, 2.45) is 0 Å². The van der Waals surface area contributed by atoms with Crippen LogP contribution in [0.1, 0.15) is 78.2 Å². The number of fused-ring (bicyclic) bond motifs is 4. The first-order valence-corrected chi connectivity index (χ1v) is 17.0. The second-order valence-electron chi connectivity index (χ2n) is 12.4. The zero-order valence-electron chi connectivity index (χ0n) is 24.8. The lowest BCUT2D eigenvalue weighted by molar-refractivity contribution is 0.0184. The summed E-state index contributed by atoms with van der Waals surface area (Å²) in [5.74, 6) is 0.285. The van der Waals surface area contributed by atoms with Gasteiger partial charge >= 0.3 is 6.09 Å². The molecule has 4 aliphatic rings. The summed E-state index contributed by atoms with van der Waals surface area (Å²) in [6.45, 7) is 7.20. The largest absolute Gasteiger partial charge is 0.444 e. The van der Waals surface area contributed by atoms with E-state index < -0.39 is 5.60 Å². The molecule has 7 rings (SSSR count). The van der Waals surface area contributed by atoms with Crippen LogP contribution in [0, 0.1) is 0 Å². The van der Waals surface area contributed by atoms with Crippen LogP contribution in [-0.2, 0) is 23.0 Å². The van der Waals surface area contributed by atoms with E-state index in [0.717, 1.165) is 53.3 Å². The number of benzene rings is 3. The topological polar surface area (TPSA) is 46.6 Å². The molecule has 0 radical (unpaired) electrons. The number of hydrogen-bond acceptors (Lipinski definition) is 3. The molecule has 1 aliphatic heterocycles. The number of hydrogen-bond donors (Lipinski definition) is 0. The fourth-order valence-electron chi connectivity index (χ4n) is 5.95. The van der Waals surface area contributed by atoms with Crippen molar-refractivity contribution in [2.45, 2.75) is 63.9 Å². The molecule has 0 atom stereocenters. The van der Waals surface area contributed by atoms with Gasteiger partial charge in [0.05, 0.1) is 0 Å². The summed E-state index contributed by atoms with van der Waals surface area (Å²) < 4.78 is 8.83. The van der Waals surface area contributed by atoms with Gasteiger partial charge in [-0.05, 0) is 111 Å². The highest BCUT2D eigenvalue weighted by Crippen LogP contribution is 2.44. The van der Waals surface area contributed by atoms with Gasteiger partial charge in [-0.2, -0.15) is 0 Å². The Morgan fingerprint density at radius 3 is 2.14 bits per heavy atom. The molecule has 224 valence electrons. The first-order valence-electron chi connectivity index (χ1n) is 14.7. The maximum atomic E-state index is 12.2. The average Bonchev–Trinajstić information content (AvgIpc) is 3.66. The van der Waals surface area contributed by atoms with Crippen molar-refractivity contribution in [2.75, 3.05) is 13.1 Å². The van der Waals surface area contributed by atoms with E-state index in [4.69, 9.17) is 4.74 Å². The van der Waals surface area contributed by atoms with Crippen molar-refractivity contribution < 1.29 is 14.3 Å². The highest BCUT2D eigenvalue weighted by atomic mass is 79.9. The predicted octanol–water partition coefficient (Wildman–Crippen LogP) is 10.3. The van der Waals surface area contributed by atoms with Crippen molar-refractivity contribution in [1.29, 1.82) is 0 Å². The van der Waals surface area contributed by atoms with Crippen LogP contribution in [-0.4, -0.2) is 35.5 Å². The van der Waals surface area contributed by atoms with Crippen molar-refractivity contribution in [3.63, 3.8) is 0 Å². The van der Waals surface area contributed by atoms with Crippen LogP contribution in [0.2, 0.25) is 0 Å². The Balaban J connectivity index is 0.000000145. The minimum Gasteiger partial charge on any atom is -0.444 e. The molecule has 0 bridgehead atoms. The van der Waals surface area contributed by atoms with E-state index >= 15 is 0 Å². The number of amides is 1. The summed E-state index contributed by atoms with van der Waals surface area (Å²) in [4.78, 5) is 25.2. The summed E-state index contributed by atoms with van der Waals surface area (Å²) in [5, 5.41) is 0. The number of allylic oxidation sites excluding steroid dienone is 2. The van der Waals surface area contributed by atoms with Crippen LogP contribution >= 0.6 is 47.8 Å². The van der Waals surface area contributed by atoms with Crippen molar-refractivity contribution >= 4 is 71.8 Å². The predicted molar refractivity (Wildman–Crippen MR) is 186 cm³/mol. The molecule has 3 aromatic carbocycles. The van der Waals surface area contributed by atoms with E-state index in [1.165, 1.54) is 32.3 Å². The van der Waals surface area contributed by atoms with E-state index in [1.807, 2.05) is 43.9 Å². The molecular weight excluding hydrogens is 734 g/mol. The number of carbonyl (C=O) groups excluding carboxylic acids is 2. The van der Waals surface area contributed by atoms with Gasteiger partial charge in [0.15, 0.2) is 5.78 Å². The van der Waals surface area contributed by atoms with Crippen LogP contribution in [0.25, 0.3) is 12.2 Å². The van der Waals surface area contributed by atoms with Gasteiger partial charge in [-0.3, -0.25) is 4.79 Å². The molecule has 1 amide bonds. The molecule has 3 aromatic rings. The number of rotatable bonds is 0. The lowest BCUT2D eigenvalue weighted by Crippen LogP contribution is -2.45. The smallest absolute Gasteiger partial charge is 0.410 e. The highest BCUT2D eigenvalue weighted by molar-refractivity contribution is 9.11. The Hall–Kier alpha value is -2.48. The van der Waals surface area contributed by atoms with Gasteiger partial charge in [-0.1, -0.05) is 90.3 Å². The monoisotopic (exact) mass is 767 g/mol. The molecule has 1 saturated heterocycles. The molecular formula is C36H36Br3NO3. The molecule has 1 spiro atoms. The van der Waals surface area contributed by atoms with E-state index in [-0.39, 0.29) is 17.3 Å². The number of carbonyl (C=O) groups is 2. The molecule has 0 aromatic heterocycles. The summed E-state index contributed by atoms with van der Waals surface area (Å²) >= 11 is 10.4. The van der Waals surface area contributed by atoms with Crippen molar-refractivity contribution in [1.82, 2.24) is 4.90 Å². The number of piperidine rings is 1. The van der Waals surface area contributed by atoms with E-state index in [0.29, 0.717) is 6.42 Å². The summed E-state index contributed by atoms with van der Waals surface area (Å²) in [6, 6.07) is 18.7. The average molecular weight is 770 g/mol. The Bertz CT molecular complexity index is 1590. The third-order valence-corrected chi connectivity index (χ3v) is 9.65. The maximum absolute atomic E-state index is 12.2. The van der Waals surface area contributed by atoms with Gasteiger partial charge in [0, 0.05) is 43.9 Å². The summed E-state index contributed by atoms with van der Waals surface area (Å²) in [5.41, 5.74) is 7.21. The molecule has 43 heavy (non-hydrogen) atoms. The van der Waals surface area contributed by atoms with E-state index in [2.05, 4.69) is 108 Å². The van der Waals surface area contributed by atoms with Crippen LogP contribution in [0.4, 0.5) is 4.79 Å². The number of ketones is 1. The van der Waals surface area contributed by atoms with Crippen LogP contribution < -0.4 is 0 Å². The number of nitrogens with zero attached hydrogens (tertiary/aromatic N) is 1. The second kappa shape index (κ2) is 13.3. The fourth-order valence-corrected chi connectivity index (χ4v) is 7.12. The molecule has 3 aliphatic carbocycles. The second-order valence-corrected chi connectivity index (χ2v) is 15.1. The third-order valence-electron chi connectivity index (χ3n) is 8.17. The van der Waals surface area contributed by atoms with Gasteiger partial charge in [0.2, 0.25) is 0 Å². The van der Waals surface area contributed by atoms with E-state index in [1.54, 1.807) is 0 Å². The molecule has 0 saturated carbocycles. The first kappa shape index (κ1) is 31.9. The van der Waals surface area contributed by atoms with Crippen LogP contribution in [0.3, 0.4) is 0 Å². The fraction of sp³-hybridized carbons (Fsp3) is 0.333. The number of Topliss-reactive ketones (excluding diaryl/α,β-unsaturated/α-hetero) is 1. The first-order chi connectivity index (χ1) is 20.4. The Morgan fingerprint density at radius 1 is 0.814 bits per heavy atom. The third kappa shape index (κ3) is 7.79. The lowest BCUT2D eigenvalue weighted by atomic mass is 9.74. The van der Waals surface area contributed by atoms with Gasteiger partial charge in [0.25, 0.3) is 0 Å². The Labute approximate surface area is 280 Å². The SMILES string of the molecule is Brc1ccc2c(c1)CC=C2.CC(C)(C)OC(=O)N1CCC2(C=Cc3ccc(Br)cc32)CC1.O=C1CCc2cc(Br)ccc21. The highest BCUT2D eigenvalue weighted by Gasteiger charge is 2.40. The molecule has 4 nitrogen and oxygen atoms in total. The molecule has 1 heterocycles. The van der Waals surface area contributed by atoms with Gasteiger partial charge in [0.1, 0.15) is 5.60 Å². The number of halogens is 3. The zero-order valence-corrected chi connectivity index (χ0v) is 29.5. The molecule has 1 fully saturated rings. The summed E-state index contributed by atoms with van der Waals surface area (Å²) in [6.07, 6.45) is 13.3. The molecule has 0 N–H and O–H groups in total. The quantitative estimate of drug-likeness (QED) is 0.229. The molecule has 0 unspecified atom stereocenters. The van der Waals surface area contributed by atoms with Crippen molar-refractivity contribution in [3.05, 3.63) is 114 Å². The molecule has 7 heteroatoms. The Morgan fingerprint density at radius 2 is 1.44 bits per heavy atom. The van der Waals surface area contributed by atoms with Crippen LogP contribution in [0.15, 0.2) is 80.2 Å². The van der Waals surface area contributed by atoms with Gasteiger partial charge in [-0.15, -0.1) is 0 Å². The van der Waals surface area contributed by atoms with Gasteiger partial charge in [-0.25, -0.2) is 4.79 Å². The normalized spacial score (nSPS) is 17.0. The minimum atomic E-state index is -0.434. The maximum Gasteiger partial charge on any atom is 0.410 e. The Kier molecular flexibility index (Phi) is 9.84.